The molecule has 162 valence electrons. The smallest absolute Gasteiger partial charge is 0.232 e. The number of nitrogens with zero attached hydrogens (tertiary/aromatic N) is 1. The van der Waals surface area contributed by atoms with Gasteiger partial charge in [-0.15, -0.1) is 0 Å². The first-order valence-corrected chi connectivity index (χ1v) is 12.3. The van der Waals surface area contributed by atoms with Crippen LogP contribution in [0.2, 0.25) is 0 Å². The number of rotatable bonds is 9. The van der Waals surface area contributed by atoms with E-state index in [9.17, 15) is 13.2 Å². The first-order chi connectivity index (χ1) is 14.4. The highest BCUT2D eigenvalue weighted by Gasteiger charge is 2.23. The molecule has 1 aliphatic heterocycles. The van der Waals surface area contributed by atoms with Crippen LogP contribution in [0.4, 0.5) is 11.4 Å². The summed E-state index contributed by atoms with van der Waals surface area (Å²) in [5.74, 6) is 0.215. The fraction of sp³-hybridized carbons (Fsp3) is 0.435. The maximum absolute atomic E-state index is 12.9. The van der Waals surface area contributed by atoms with E-state index in [-0.39, 0.29) is 11.7 Å². The van der Waals surface area contributed by atoms with E-state index in [0.29, 0.717) is 38.0 Å². The van der Waals surface area contributed by atoms with Gasteiger partial charge in [-0.2, -0.15) is 0 Å². The molecular formula is C23H31N3O3S. The van der Waals surface area contributed by atoms with Crippen molar-refractivity contribution in [2.45, 2.75) is 52.0 Å². The van der Waals surface area contributed by atoms with Crippen molar-refractivity contribution in [3.05, 3.63) is 59.2 Å². The Kier molecular flexibility index (Phi) is 7.50. The van der Waals surface area contributed by atoms with Gasteiger partial charge in [0.25, 0.3) is 0 Å². The zero-order valence-electron chi connectivity index (χ0n) is 17.6. The Balaban J connectivity index is 1.66. The molecule has 2 aromatic rings. The molecule has 0 fully saturated rings. The van der Waals surface area contributed by atoms with Crippen LogP contribution < -0.4 is 15.4 Å². The van der Waals surface area contributed by atoms with Crippen molar-refractivity contribution < 1.29 is 13.2 Å². The van der Waals surface area contributed by atoms with E-state index in [1.807, 2.05) is 48.2 Å². The van der Waals surface area contributed by atoms with Gasteiger partial charge in [-0.25, -0.2) is 8.42 Å². The lowest BCUT2D eigenvalue weighted by atomic mass is 10.00. The molecule has 0 radical (unpaired) electrons. The SMILES string of the molecule is CCCCS(=O)(=O)Nc1ccc2c(c1)CCCN2C(=O)CCc1ccc(CN)cc1. The molecule has 7 heteroatoms. The monoisotopic (exact) mass is 429 g/mol. The highest BCUT2D eigenvalue weighted by molar-refractivity contribution is 7.92. The normalized spacial score (nSPS) is 13.7. The van der Waals surface area contributed by atoms with E-state index in [0.717, 1.165) is 41.6 Å². The second-order valence-electron chi connectivity index (χ2n) is 7.79. The molecule has 3 rings (SSSR count). The molecule has 0 spiro atoms. The summed E-state index contributed by atoms with van der Waals surface area (Å²) in [6.07, 6.45) is 4.30. The molecule has 0 saturated carbocycles. The molecule has 0 saturated heterocycles. The second-order valence-corrected chi connectivity index (χ2v) is 9.63. The summed E-state index contributed by atoms with van der Waals surface area (Å²) in [5, 5.41) is 0. The number of amides is 1. The summed E-state index contributed by atoms with van der Waals surface area (Å²) in [6.45, 7) is 3.18. The minimum absolute atomic E-state index is 0.0927. The largest absolute Gasteiger partial charge is 0.326 e. The van der Waals surface area contributed by atoms with E-state index in [1.54, 1.807) is 6.07 Å². The van der Waals surface area contributed by atoms with Gasteiger partial charge in [0.05, 0.1) is 5.75 Å². The predicted octanol–water partition coefficient (Wildman–Crippen LogP) is 3.60. The molecule has 1 heterocycles. The number of carbonyl (C=O) groups is 1. The van der Waals surface area contributed by atoms with Crippen LogP contribution in [-0.2, 0) is 34.2 Å². The van der Waals surface area contributed by atoms with Gasteiger partial charge in [-0.3, -0.25) is 9.52 Å². The van der Waals surface area contributed by atoms with Gasteiger partial charge in [0.1, 0.15) is 0 Å². The number of unbranched alkanes of at least 4 members (excludes halogenated alkanes) is 1. The van der Waals surface area contributed by atoms with Crippen LogP contribution in [0.25, 0.3) is 0 Å². The molecule has 0 bridgehead atoms. The third kappa shape index (κ3) is 5.83. The molecule has 0 aliphatic carbocycles. The predicted molar refractivity (Wildman–Crippen MR) is 122 cm³/mol. The van der Waals surface area contributed by atoms with Gasteiger partial charge in [-0.05, 0) is 60.6 Å². The van der Waals surface area contributed by atoms with Crippen molar-refractivity contribution in [3.63, 3.8) is 0 Å². The van der Waals surface area contributed by atoms with Crippen LogP contribution in [0.3, 0.4) is 0 Å². The lowest BCUT2D eigenvalue weighted by Gasteiger charge is -2.30. The molecule has 3 N–H and O–H groups in total. The molecular weight excluding hydrogens is 398 g/mol. The maximum atomic E-state index is 12.9. The van der Waals surface area contributed by atoms with Crippen molar-refractivity contribution >= 4 is 27.3 Å². The van der Waals surface area contributed by atoms with Gasteiger partial charge in [-0.1, -0.05) is 37.6 Å². The number of nitrogens with one attached hydrogen (secondary N) is 1. The standard InChI is InChI=1S/C23H31N3O3S/c1-2-3-15-30(28,29)25-21-11-12-22-20(16-21)5-4-14-26(22)23(27)13-10-18-6-8-19(17-24)9-7-18/h6-9,11-12,16,25H,2-5,10,13-15,17,24H2,1H3. The number of carbonyl (C=O) groups excluding carboxylic acids is 1. The lowest BCUT2D eigenvalue weighted by Crippen LogP contribution is -2.35. The summed E-state index contributed by atoms with van der Waals surface area (Å²) in [7, 11) is -3.34. The van der Waals surface area contributed by atoms with Crippen molar-refractivity contribution in [1.29, 1.82) is 0 Å². The summed E-state index contributed by atoms with van der Waals surface area (Å²) < 4.78 is 27.0. The Labute approximate surface area is 179 Å². The number of fused-ring (bicyclic) bond motifs is 1. The Hall–Kier alpha value is -2.38. The quantitative estimate of drug-likeness (QED) is 0.637. The van der Waals surface area contributed by atoms with Crippen LogP contribution in [0.15, 0.2) is 42.5 Å². The molecule has 1 aliphatic rings. The second kappa shape index (κ2) is 10.1. The summed E-state index contributed by atoms with van der Waals surface area (Å²) >= 11 is 0. The Morgan fingerprint density at radius 1 is 1.13 bits per heavy atom. The van der Waals surface area contributed by atoms with E-state index < -0.39 is 10.0 Å². The van der Waals surface area contributed by atoms with E-state index >= 15 is 0 Å². The molecule has 0 aromatic heterocycles. The number of aryl methyl sites for hydroxylation is 2. The van der Waals surface area contributed by atoms with Gasteiger partial charge in [0.15, 0.2) is 0 Å². The Morgan fingerprint density at radius 3 is 2.57 bits per heavy atom. The summed E-state index contributed by atoms with van der Waals surface area (Å²) in [5.41, 5.74) is 10.3. The molecule has 0 atom stereocenters. The van der Waals surface area contributed by atoms with Gasteiger partial charge in [0.2, 0.25) is 15.9 Å². The third-order valence-corrected chi connectivity index (χ3v) is 6.80. The number of nitrogens with two attached hydrogens (primary N) is 1. The van der Waals surface area contributed by atoms with Crippen LogP contribution in [0.5, 0.6) is 0 Å². The minimum Gasteiger partial charge on any atom is -0.326 e. The fourth-order valence-electron chi connectivity index (χ4n) is 3.71. The van der Waals surface area contributed by atoms with Crippen LogP contribution >= 0.6 is 0 Å². The third-order valence-electron chi connectivity index (χ3n) is 5.43. The number of anilines is 2. The van der Waals surface area contributed by atoms with E-state index in [4.69, 9.17) is 5.73 Å². The average molecular weight is 430 g/mol. The Bertz CT molecular complexity index is 972. The van der Waals surface area contributed by atoms with Gasteiger partial charge < -0.3 is 10.6 Å². The minimum atomic E-state index is -3.34. The van der Waals surface area contributed by atoms with Gasteiger partial charge >= 0.3 is 0 Å². The zero-order chi connectivity index (χ0) is 21.6. The van der Waals surface area contributed by atoms with Crippen molar-refractivity contribution in [3.8, 4) is 0 Å². The fourth-order valence-corrected chi connectivity index (χ4v) is 4.97. The van der Waals surface area contributed by atoms with Crippen molar-refractivity contribution in [1.82, 2.24) is 0 Å². The molecule has 6 nitrogen and oxygen atoms in total. The van der Waals surface area contributed by atoms with Crippen LogP contribution in [-0.4, -0.2) is 26.6 Å². The van der Waals surface area contributed by atoms with Crippen molar-refractivity contribution in [2.75, 3.05) is 21.9 Å². The van der Waals surface area contributed by atoms with E-state index in [2.05, 4.69) is 4.72 Å². The highest BCUT2D eigenvalue weighted by atomic mass is 32.2. The van der Waals surface area contributed by atoms with Crippen molar-refractivity contribution in [2.24, 2.45) is 5.73 Å². The topological polar surface area (TPSA) is 92.5 Å². The molecule has 2 aromatic carbocycles. The number of sulfonamides is 1. The molecule has 30 heavy (non-hydrogen) atoms. The zero-order valence-corrected chi connectivity index (χ0v) is 18.4. The van der Waals surface area contributed by atoms with Gasteiger partial charge in [0, 0.05) is 30.9 Å². The number of hydrogen-bond acceptors (Lipinski definition) is 4. The number of hydrogen-bond donors (Lipinski definition) is 2. The highest BCUT2D eigenvalue weighted by Crippen LogP contribution is 2.30. The molecule has 1 amide bonds. The first-order valence-electron chi connectivity index (χ1n) is 10.6. The average Bonchev–Trinajstić information content (AvgIpc) is 2.75. The summed E-state index contributed by atoms with van der Waals surface area (Å²) in [4.78, 5) is 14.7. The first kappa shape index (κ1) is 22.3. The molecule has 0 unspecified atom stereocenters. The lowest BCUT2D eigenvalue weighted by molar-refractivity contribution is -0.118. The maximum Gasteiger partial charge on any atom is 0.232 e. The van der Waals surface area contributed by atoms with E-state index in [1.165, 1.54) is 0 Å². The Morgan fingerprint density at radius 2 is 1.87 bits per heavy atom. The van der Waals surface area contributed by atoms with Crippen LogP contribution in [0, 0.1) is 0 Å². The summed E-state index contributed by atoms with van der Waals surface area (Å²) in [6, 6.07) is 13.5. The van der Waals surface area contributed by atoms with Crippen LogP contribution in [0.1, 0.15) is 49.3 Å². The number of benzene rings is 2.